The lowest BCUT2D eigenvalue weighted by Crippen LogP contribution is -2.44. The molecule has 1 N–H and O–H groups in total. The summed E-state index contributed by atoms with van der Waals surface area (Å²) < 4.78 is 0. The van der Waals surface area contributed by atoms with Gasteiger partial charge >= 0.3 is 0 Å². The van der Waals surface area contributed by atoms with E-state index in [9.17, 15) is 4.79 Å². The predicted molar refractivity (Wildman–Crippen MR) is 79.1 cm³/mol. The van der Waals surface area contributed by atoms with Crippen LogP contribution in [0.15, 0.2) is 0 Å². The van der Waals surface area contributed by atoms with Crippen LogP contribution in [0.5, 0.6) is 0 Å². The van der Waals surface area contributed by atoms with E-state index in [1.165, 1.54) is 38.5 Å². The normalized spacial score (nSPS) is 30.4. The van der Waals surface area contributed by atoms with E-state index in [1.807, 2.05) is 4.90 Å². The molecule has 2 fully saturated rings. The molecule has 1 saturated heterocycles. The van der Waals surface area contributed by atoms with Gasteiger partial charge in [0.15, 0.2) is 0 Å². The quantitative estimate of drug-likeness (QED) is 0.776. The Morgan fingerprint density at radius 1 is 1.26 bits per heavy atom. The minimum Gasteiger partial charge on any atom is -0.341 e. The Morgan fingerprint density at radius 2 is 2.11 bits per heavy atom. The van der Waals surface area contributed by atoms with Gasteiger partial charge in [0.05, 0.1) is 0 Å². The summed E-state index contributed by atoms with van der Waals surface area (Å²) in [6, 6.07) is 1.11. The highest BCUT2D eigenvalue weighted by atomic mass is 16.2. The summed E-state index contributed by atoms with van der Waals surface area (Å²) in [6.07, 6.45) is 9.93. The SMILES string of the molecule is CCC1CCCC(NC(C)CN2CCCC2=O)CC1. The second-order valence-electron chi connectivity index (χ2n) is 6.49. The van der Waals surface area contributed by atoms with Crippen molar-refractivity contribution in [2.24, 2.45) is 5.92 Å². The molecule has 2 rings (SSSR count). The molecule has 0 bridgehead atoms. The first-order chi connectivity index (χ1) is 9.19. The van der Waals surface area contributed by atoms with Crippen LogP contribution < -0.4 is 5.32 Å². The number of hydrogen-bond donors (Lipinski definition) is 1. The maximum atomic E-state index is 11.6. The van der Waals surface area contributed by atoms with Crippen molar-refractivity contribution in [1.29, 1.82) is 0 Å². The first-order valence-corrected chi connectivity index (χ1v) is 8.23. The monoisotopic (exact) mass is 266 g/mol. The van der Waals surface area contributed by atoms with Crippen LogP contribution in [-0.2, 0) is 4.79 Å². The molecule has 0 radical (unpaired) electrons. The summed E-state index contributed by atoms with van der Waals surface area (Å²) in [4.78, 5) is 13.7. The molecule has 3 atom stereocenters. The summed E-state index contributed by atoms with van der Waals surface area (Å²) in [5.41, 5.74) is 0. The Labute approximate surface area is 118 Å². The molecule has 3 nitrogen and oxygen atoms in total. The second kappa shape index (κ2) is 7.28. The fraction of sp³-hybridized carbons (Fsp3) is 0.938. The molecule has 0 aromatic heterocycles. The number of likely N-dealkylation sites (tertiary alicyclic amines) is 1. The lowest BCUT2D eigenvalue weighted by atomic mass is 9.98. The van der Waals surface area contributed by atoms with Gasteiger partial charge in [-0.2, -0.15) is 0 Å². The topological polar surface area (TPSA) is 32.3 Å². The zero-order valence-corrected chi connectivity index (χ0v) is 12.7. The van der Waals surface area contributed by atoms with E-state index in [-0.39, 0.29) is 0 Å². The van der Waals surface area contributed by atoms with Gasteiger partial charge in [-0.1, -0.05) is 26.2 Å². The molecule has 19 heavy (non-hydrogen) atoms. The van der Waals surface area contributed by atoms with E-state index < -0.39 is 0 Å². The number of amides is 1. The van der Waals surface area contributed by atoms with Crippen molar-refractivity contribution in [1.82, 2.24) is 10.2 Å². The van der Waals surface area contributed by atoms with Crippen LogP contribution in [0.25, 0.3) is 0 Å². The Balaban J connectivity index is 1.72. The largest absolute Gasteiger partial charge is 0.341 e. The standard InChI is InChI=1S/C16H30N2O/c1-3-14-6-4-7-15(10-9-14)17-13(2)12-18-11-5-8-16(18)19/h13-15,17H,3-12H2,1-2H3. The van der Waals surface area contributed by atoms with Gasteiger partial charge in [-0.05, 0) is 38.5 Å². The lowest BCUT2D eigenvalue weighted by molar-refractivity contribution is -0.128. The van der Waals surface area contributed by atoms with Crippen LogP contribution >= 0.6 is 0 Å². The highest BCUT2D eigenvalue weighted by Crippen LogP contribution is 2.25. The van der Waals surface area contributed by atoms with Crippen LogP contribution in [0.3, 0.4) is 0 Å². The maximum Gasteiger partial charge on any atom is 0.222 e. The van der Waals surface area contributed by atoms with Gasteiger partial charge in [-0.3, -0.25) is 4.79 Å². The molecule has 1 amide bonds. The van der Waals surface area contributed by atoms with Gasteiger partial charge in [0, 0.05) is 31.6 Å². The number of nitrogens with one attached hydrogen (secondary N) is 1. The van der Waals surface area contributed by atoms with E-state index in [4.69, 9.17) is 0 Å². The van der Waals surface area contributed by atoms with Crippen molar-refractivity contribution < 1.29 is 4.79 Å². The minimum atomic E-state index is 0.348. The molecule has 1 aliphatic heterocycles. The molecule has 2 aliphatic rings. The van der Waals surface area contributed by atoms with Crippen LogP contribution in [-0.4, -0.2) is 36.0 Å². The lowest BCUT2D eigenvalue weighted by Gasteiger charge is -2.26. The van der Waals surface area contributed by atoms with Gasteiger partial charge in [0.1, 0.15) is 0 Å². The second-order valence-corrected chi connectivity index (χ2v) is 6.49. The summed E-state index contributed by atoms with van der Waals surface area (Å²) in [6.45, 7) is 6.41. The average molecular weight is 266 g/mol. The smallest absolute Gasteiger partial charge is 0.222 e. The van der Waals surface area contributed by atoms with Crippen LogP contribution in [0.2, 0.25) is 0 Å². The first-order valence-electron chi connectivity index (χ1n) is 8.23. The third-order valence-corrected chi connectivity index (χ3v) is 4.85. The van der Waals surface area contributed by atoms with Crippen molar-refractivity contribution >= 4 is 5.91 Å². The number of nitrogens with zero attached hydrogens (tertiary/aromatic N) is 1. The number of hydrogen-bond acceptors (Lipinski definition) is 2. The molecule has 3 unspecified atom stereocenters. The molecule has 0 aromatic rings. The zero-order valence-electron chi connectivity index (χ0n) is 12.7. The Kier molecular flexibility index (Phi) is 5.68. The summed E-state index contributed by atoms with van der Waals surface area (Å²) in [5, 5.41) is 3.76. The molecular formula is C16H30N2O. The van der Waals surface area contributed by atoms with E-state index in [0.29, 0.717) is 18.0 Å². The van der Waals surface area contributed by atoms with Gasteiger partial charge < -0.3 is 10.2 Å². The molecule has 0 aromatic carbocycles. The van der Waals surface area contributed by atoms with Crippen LogP contribution in [0, 0.1) is 5.92 Å². The van der Waals surface area contributed by atoms with Crippen molar-refractivity contribution in [3.05, 3.63) is 0 Å². The van der Waals surface area contributed by atoms with E-state index >= 15 is 0 Å². The molecule has 0 spiro atoms. The Hall–Kier alpha value is -0.570. The number of carbonyl (C=O) groups excluding carboxylic acids is 1. The molecule has 1 heterocycles. The highest BCUT2D eigenvalue weighted by Gasteiger charge is 2.24. The van der Waals surface area contributed by atoms with E-state index in [2.05, 4.69) is 19.2 Å². The Morgan fingerprint density at radius 3 is 2.79 bits per heavy atom. The van der Waals surface area contributed by atoms with Gasteiger partial charge in [0.2, 0.25) is 5.91 Å². The van der Waals surface area contributed by atoms with Gasteiger partial charge in [-0.25, -0.2) is 0 Å². The molecule has 1 saturated carbocycles. The van der Waals surface area contributed by atoms with Crippen LogP contribution in [0.1, 0.15) is 65.2 Å². The van der Waals surface area contributed by atoms with E-state index in [0.717, 1.165) is 31.8 Å². The summed E-state index contributed by atoms with van der Waals surface area (Å²) in [5.74, 6) is 1.29. The van der Waals surface area contributed by atoms with Crippen molar-refractivity contribution in [3.8, 4) is 0 Å². The number of carbonyl (C=O) groups is 1. The predicted octanol–water partition coefficient (Wildman–Crippen LogP) is 2.95. The fourth-order valence-electron chi connectivity index (χ4n) is 3.64. The Bertz CT molecular complexity index is 292. The third-order valence-electron chi connectivity index (χ3n) is 4.85. The van der Waals surface area contributed by atoms with Gasteiger partial charge in [0.25, 0.3) is 0 Å². The minimum absolute atomic E-state index is 0.348. The highest BCUT2D eigenvalue weighted by molar-refractivity contribution is 5.78. The molecule has 1 aliphatic carbocycles. The van der Waals surface area contributed by atoms with Gasteiger partial charge in [-0.15, -0.1) is 0 Å². The third kappa shape index (κ3) is 4.48. The summed E-state index contributed by atoms with van der Waals surface area (Å²) in [7, 11) is 0. The first kappa shape index (κ1) is 14.8. The van der Waals surface area contributed by atoms with E-state index in [1.54, 1.807) is 0 Å². The van der Waals surface area contributed by atoms with Crippen molar-refractivity contribution in [2.75, 3.05) is 13.1 Å². The number of rotatable bonds is 5. The summed E-state index contributed by atoms with van der Waals surface area (Å²) >= 11 is 0. The average Bonchev–Trinajstić information content (AvgIpc) is 2.66. The molecular weight excluding hydrogens is 236 g/mol. The van der Waals surface area contributed by atoms with Crippen molar-refractivity contribution in [2.45, 2.75) is 77.3 Å². The van der Waals surface area contributed by atoms with Crippen LogP contribution in [0.4, 0.5) is 0 Å². The fourth-order valence-corrected chi connectivity index (χ4v) is 3.64. The zero-order chi connectivity index (χ0) is 13.7. The van der Waals surface area contributed by atoms with Crippen molar-refractivity contribution in [3.63, 3.8) is 0 Å². The maximum absolute atomic E-state index is 11.6. The molecule has 110 valence electrons. The molecule has 3 heteroatoms.